The molecule has 102 valence electrons. The van der Waals surface area contributed by atoms with Gasteiger partial charge in [-0.25, -0.2) is 0 Å². The SMILES string of the molecule is CCCSCC(=O)N[C@H](C)c1nncn1C(C)C. The van der Waals surface area contributed by atoms with Gasteiger partial charge in [-0.1, -0.05) is 6.92 Å². The van der Waals surface area contributed by atoms with E-state index in [1.807, 2.05) is 11.5 Å². The minimum atomic E-state index is -0.107. The number of hydrogen-bond donors (Lipinski definition) is 1. The Morgan fingerprint density at radius 3 is 2.83 bits per heavy atom. The maximum absolute atomic E-state index is 11.7. The Morgan fingerprint density at radius 2 is 2.22 bits per heavy atom. The largest absolute Gasteiger partial charge is 0.346 e. The second-order valence-corrected chi connectivity index (χ2v) is 5.64. The first-order chi connectivity index (χ1) is 8.56. The smallest absolute Gasteiger partial charge is 0.230 e. The molecule has 1 atom stereocenters. The molecule has 1 aromatic rings. The van der Waals surface area contributed by atoms with Crippen LogP contribution in [0.25, 0.3) is 0 Å². The lowest BCUT2D eigenvalue weighted by atomic mass is 10.3. The molecule has 0 saturated heterocycles. The van der Waals surface area contributed by atoms with Crippen LogP contribution in [-0.4, -0.2) is 32.2 Å². The van der Waals surface area contributed by atoms with Crippen LogP contribution in [0, 0.1) is 0 Å². The van der Waals surface area contributed by atoms with Crippen molar-refractivity contribution in [3.8, 4) is 0 Å². The summed E-state index contributed by atoms with van der Waals surface area (Å²) in [5.74, 6) is 2.39. The minimum absolute atomic E-state index is 0.0549. The predicted molar refractivity (Wildman–Crippen MR) is 74.6 cm³/mol. The Morgan fingerprint density at radius 1 is 1.50 bits per heavy atom. The van der Waals surface area contributed by atoms with E-state index in [-0.39, 0.29) is 11.9 Å². The fourth-order valence-electron chi connectivity index (χ4n) is 1.62. The first kappa shape index (κ1) is 15.0. The normalized spacial score (nSPS) is 12.7. The molecule has 1 aromatic heterocycles. The Balaban J connectivity index is 2.51. The molecule has 0 radical (unpaired) electrons. The maximum Gasteiger partial charge on any atom is 0.230 e. The molecule has 6 heteroatoms. The number of thioether (sulfide) groups is 1. The first-order valence-corrected chi connectivity index (χ1v) is 7.48. The molecule has 0 saturated carbocycles. The lowest BCUT2D eigenvalue weighted by molar-refractivity contribution is -0.119. The number of nitrogens with one attached hydrogen (secondary N) is 1. The Labute approximate surface area is 113 Å². The van der Waals surface area contributed by atoms with Gasteiger partial charge in [-0.3, -0.25) is 4.79 Å². The summed E-state index contributed by atoms with van der Waals surface area (Å²) in [6.45, 7) is 8.18. The summed E-state index contributed by atoms with van der Waals surface area (Å²) in [6.07, 6.45) is 2.80. The third-order valence-corrected chi connectivity index (χ3v) is 3.67. The van der Waals surface area contributed by atoms with Gasteiger partial charge in [-0.2, -0.15) is 11.8 Å². The molecule has 0 aliphatic carbocycles. The van der Waals surface area contributed by atoms with Crippen LogP contribution in [0.15, 0.2) is 6.33 Å². The van der Waals surface area contributed by atoms with Crippen molar-refractivity contribution in [1.82, 2.24) is 20.1 Å². The van der Waals surface area contributed by atoms with Crippen molar-refractivity contribution in [2.75, 3.05) is 11.5 Å². The second kappa shape index (κ2) is 7.41. The van der Waals surface area contributed by atoms with Gasteiger partial charge in [0.15, 0.2) is 5.82 Å². The minimum Gasteiger partial charge on any atom is -0.346 e. The van der Waals surface area contributed by atoms with Crippen LogP contribution in [0.5, 0.6) is 0 Å². The highest BCUT2D eigenvalue weighted by Gasteiger charge is 2.16. The van der Waals surface area contributed by atoms with Gasteiger partial charge in [-0.15, -0.1) is 10.2 Å². The fraction of sp³-hybridized carbons (Fsp3) is 0.750. The average Bonchev–Trinajstić information content (AvgIpc) is 2.78. The average molecular weight is 270 g/mol. The van der Waals surface area contributed by atoms with Crippen LogP contribution >= 0.6 is 11.8 Å². The van der Waals surface area contributed by atoms with Gasteiger partial charge in [0, 0.05) is 6.04 Å². The zero-order valence-electron chi connectivity index (χ0n) is 11.5. The van der Waals surface area contributed by atoms with E-state index >= 15 is 0 Å². The van der Waals surface area contributed by atoms with Crippen molar-refractivity contribution in [3.63, 3.8) is 0 Å². The second-order valence-electron chi connectivity index (χ2n) is 4.53. The van der Waals surface area contributed by atoms with E-state index in [1.54, 1.807) is 18.1 Å². The van der Waals surface area contributed by atoms with Crippen LogP contribution in [0.4, 0.5) is 0 Å². The number of aromatic nitrogens is 3. The van der Waals surface area contributed by atoms with Gasteiger partial charge < -0.3 is 9.88 Å². The summed E-state index contributed by atoms with van der Waals surface area (Å²) in [4.78, 5) is 11.7. The van der Waals surface area contributed by atoms with E-state index in [4.69, 9.17) is 0 Å². The summed E-state index contributed by atoms with van der Waals surface area (Å²) in [5.41, 5.74) is 0. The summed E-state index contributed by atoms with van der Waals surface area (Å²) in [5, 5.41) is 10.9. The van der Waals surface area contributed by atoms with Crippen LogP contribution in [0.3, 0.4) is 0 Å². The highest BCUT2D eigenvalue weighted by molar-refractivity contribution is 7.99. The van der Waals surface area contributed by atoms with E-state index in [0.717, 1.165) is 18.0 Å². The molecule has 1 N–H and O–H groups in total. The van der Waals surface area contributed by atoms with E-state index in [2.05, 4.69) is 36.3 Å². The van der Waals surface area contributed by atoms with Crippen molar-refractivity contribution in [3.05, 3.63) is 12.2 Å². The van der Waals surface area contributed by atoms with E-state index in [0.29, 0.717) is 11.8 Å². The molecule has 0 aromatic carbocycles. The molecule has 1 heterocycles. The summed E-state index contributed by atoms with van der Waals surface area (Å²) < 4.78 is 1.98. The summed E-state index contributed by atoms with van der Waals surface area (Å²) in [6, 6.07) is 0.188. The van der Waals surface area contributed by atoms with E-state index < -0.39 is 0 Å². The third-order valence-electron chi connectivity index (χ3n) is 2.50. The zero-order chi connectivity index (χ0) is 13.5. The molecular formula is C12H22N4OS. The van der Waals surface area contributed by atoms with Gasteiger partial charge in [0.05, 0.1) is 11.8 Å². The van der Waals surface area contributed by atoms with Crippen molar-refractivity contribution < 1.29 is 4.79 Å². The highest BCUT2D eigenvalue weighted by Crippen LogP contribution is 2.14. The number of nitrogens with zero attached hydrogens (tertiary/aromatic N) is 3. The molecule has 5 nitrogen and oxygen atoms in total. The van der Waals surface area contributed by atoms with Crippen molar-refractivity contribution in [2.45, 2.75) is 46.2 Å². The van der Waals surface area contributed by atoms with Gasteiger partial charge in [0.25, 0.3) is 0 Å². The lowest BCUT2D eigenvalue weighted by Gasteiger charge is -2.16. The lowest BCUT2D eigenvalue weighted by Crippen LogP contribution is -2.30. The van der Waals surface area contributed by atoms with Gasteiger partial charge >= 0.3 is 0 Å². The van der Waals surface area contributed by atoms with Crippen molar-refractivity contribution >= 4 is 17.7 Å². The molecule has 18 heavy (non-hydrogen) atoms. The molecule has 0 spiro atoms. The number of carbonyl (C=O) groups excluding carboxylic acids is 1. The molecule has 0 aliphatic rings. The van der Waals surface area contributed by atoms with Crippen molar-refractivity contribution in [1.29, 1.82) is 0 Å². The summed E-state index contributed by atoms with van der Waals surface area (Å²) in [7, 11) is 0. The quantitative estimate of drug-likeness (QED) is 0.771. The topological polar surface area (TPSA) is 59.8 Å². The Hall–Kier alpha value is -1.04. The van der Waals surface area contributed by atoms with Gasteiger partial charge in [0.2, 0.25) is 5.91 Å². The molecule has 0 fully saturated rings. The van der Waals surface area contributed by atoms with Crippen LogP contribution in [-0.2, 0) is 4.79 Å². The van der Waals surface area contributed by atoms with Crippen LogP contribution < -0.4 is 5.32 Å². The number of rotatable bonds is 7. The van der Waals surface area contributed by atoms with E-state index in [9.17, 15) is 4.79 Å². The zero-order valence-corrected chi connectivity index (χ0v) is 12.3. The molecule has 1 rings (SSSR count). The number of hydrogen-bond acceptors (Lipinski definition) is 4. The molecular weight excluding hydrogens is 248 g/mol. The monoisotopic (exact) mass is 270 g/mol. The molecule has 0 aliphatic heterocycles. The molecule has 0 unspecified atom stereocenters. The predicted octanol–water partition coefficient (Wildman–Crippen LogP) is 2.18. The van der Waals surface area contributed by atoms with Gasteiger partial charge in [0.1, 0.15) is 6.33 Å². The maximum atomic E-state index is 11.7. The Bertz CT molecular complexity index is 378. The highest BCUT2D eigenvalue weighted by atomic mass is 32.2. The number of amides is 1. The summed E-state index contributed by atoms with van der Waals surface area (Å²) >= 11 is 1.66. The van der Waals surface area contributed by atoms with Crippen molar-refractivity contribution in [2.24, 2.45) is 0 Å². The Kier molecular flexibility index (Phi) is 6.18. The molecule has 0 bridgehead atoms. The van der Waals surface area contributed by atoms with Crippen LogP contribution in [0.1, 0.15) is 52.0 Å². The molecule has 1 amide bonds. The fourth-order valence-corrected chi connectivity index (χ4v) is 2.32. The van der Waals surface area contributed by atoms with Crippen LogP contribution in [0.2, 0.25) is 0 Å². The van der Waals surface area contributed by atoms with Gasteiger partial charge in [-0.05, 0) is 32.9 Å². The van der Waals surface area contributed by atoms with E-state index in [1.165, 1.54) is 0 Å². The standard InChI is InChI=1S/C12H22N4OS/c1-5-6-18-7-11(17)14-10(4)12-15-13-8-16(12)9(2)3/h8-10H,5-7H2,1-4H3,(H,14,17)/t10-/m1/s1. The first-order valence-electron chi connectivity index (χ1n) is 6.32. The third kappa shape index (κ3) is 4.33. The number of carbonyl (C=O) groups is 1.